The summed E-state index contributed by atoms with van der Waals surface area (Å²) in [5.74, 6) is 0. The van der Waals surface area contributed by atoms with Gasteiger partial charge in [0.05, 0.1) is 6.61 Å². The van der Waals surface area contributed by atoms with E-state index in [-0.39, 0.29) is 12.1 Å². The van der Waals surface area contributed by atoms with E-state index in [0.717, 1.165) is 25.9 Å². The molecule has 1 atom stereocenters. The highest BCUT2D eigenvalue weighted by atomic mass is 16.3. The van der Waals surface area contributed by atoms with Crippen LogP contribution >= 0.6 is 0 Å². The fourth-order valence-electron chi connectivity index (χ4n) is 3.39. The minimum absolute atomic E-state index is 0.194. The third kappa shape index (κ3) is 3.43. The Labute approximate surface area is 107 Å². The molecule has 1 unspecified atom stereocenters. The zero-order chi connectivity index (χ0) is 12.7. The molecule has 1 heterocycles. The van der Waals surface area contributed by atoms with E-state index in [1.54, 1.807) is 0 Å². The lowest BCUT2D eigenvalue weighted by atomic mass is 9.79. The number of likely N-dealkylation sites (N-methyl/N-ethyl adjacent to an activating group) is 1. The second-order valence-electron chi connectivity index (χ2n) is 5.15. The van der Waals surface area contributed by atoms with Crippen molar-refractivity contribution >= 4 is 0 Å². The SMILES string of the molecule is CCN1CCCCC1C(CC)(CC)NCCO. The number of piperidine rings is 1. The summed E-state index contributed by atoms with van der Waals surface area (Å²) in [4.78, 5) is 2.63. The zero-order valence-electron chi connectivity index (χ0n) is 11.8. The maximum absolute atomic E-state index is 9.07. The molecule has 1 rings (SSSR count). The van der Waals surface area contributed by atoms with Gasteiger partial charge in [0.15, 0.2) is 0 Å². The van der Waals surface area contributed by atoms with Crippen molar-refractivity contribution in [1.82, 2.24) is 10.2 Å². The topological polar surface area (TPSA) is 35.5 Å². The van der Waals surface area contributed by atoms with Crippen LogP contribution in [0.15, 0.2) is 0 Å². The summed E-state index contributed by atoms with van der Waals surface area (Å²) in [6.07, 6.45) is 6.28. The largest absolute Gasteiger partial charge is 0.395 e. The van der Waals surface area contributed by atoms with Gasteiger partial charge < -0.3 is 10.4 Å². The van der Waals surface area contributed by atoms with Crippen molar-refractivity contribution in [2.45, 2.75) is 64.5 Å². The van der Waals surface area contributed by atoms with Gasteiger partial charge in [-0.2, -0.15) is 0 Å². The lowest BCUT2D eigenvalue weighted by molar-refractivity contribution is 0.0563. The van der Waals surface area contributed by atoms with E-state index < -0.39 is 0 Å². The fraction of sp³-hybridized carbons (Fsp3) is 1.00. The molecule has 3 heteroatoms. The molecular weight excluding hydrogens is 212 g/mol. The van der Waals surface area contributed by atoms with Crippen LogP contribution < -0.4 is 5.32 Å². The standard InChI is InChI=1S/C14H30N2O/c1-4-14(5-2,15-10-12-17)13-9-7-8-11-16(13)6-3/h13,15,17H,4-12H2,1-3H3. The molecule has 1 aliphatic rings. The molecule has 0 aromatic rings. The monoisotopic (exact) mass is 242 g/mol. The predicted octanol–water partition coefficient (Wildman–Crippen LogP) is 2.00. The molecule has 0 amide bonds. The molecular formula is C14H30N2O. The Hall–Kier alpha value is -0.120. The van der Waals surface area contributed by atoms with Gasteiger partial charge in [0.1, 0.15) is 0 Å². The molecule has 0 aromatic heterocycles. The smallest absolute Gasteiger partial charge is 0.0556 e. The molecule has 17 heavy (non-hydrogen) atoms. The van der Waals surface area contributed by atoms with Gasteiger partial charge in [0.2, 0.25) is 0 Å². The highest BCUT2D eigenvalue weighted by Gasteiger charge is 2.39. The average Bonchev–Trinajstić information content (AvgIpc) is 2.41. The molecule has 0 radical (unpaired) electrons. The van der Waals surface area contributed by atoms with Crippen molar-refractivity contribution in [2.24, 2.45) is 0 Å². The average molecular weight is 242 g/mol. The number of nitrogens with one attached hydrogen (secondary N) is 1. The Morgan fingerprint density at radius 1 is 1.24 bits per heavy atom. The normalized spacial score (nSPS) is 22.9. The molecule has 3 nitrogen and oxygen atoms in total. The van der Waals surface area contributed by atoms with E-state index in [2.05, 4.69) is 31.0 Å². The van der Waals surface area contributed by atoms with E-state index in [1.807, 2.05) is 0 Å². The van der Waals surface area contributed by atoms with Gasteiger partial charge in [0.25, 0.3) is 0 Å². The lowest BCUT2D eigenvalue weighted by Gasteiger charge is -2.48. The summed E-state index contributed by atoms with van der Waals surface area (Å²) >= 11 is 0. The first-order valence-corrected chi connectivity index (χ1v) is 7.34. The van der Waals surface area contributed by atoms with E-state index in [1.165, 1.54) is 25.8 Å². The predicted molar refractivity (Wildman–Crippen MR) is 73.3 cm³/mol. The number of aliphatic hydroxyl groups is 1. The number of likely N-dealkylation sites (tertiary alicyclic amines) is 1. The number of rotatable bonds is 7. The molecule has 2 N–H and O–H groups in total. The lowest BCUT2D eigenvalue weighted by Crippen LogP contribution is -2.62. The second kappa shape index (κ2) is 7.34. The Balaban J connectivity index is 2.78. The number of hydrogen-bond donors (Lipinski definition) is 2. The number of β-amino-alcohol motifs (C(OH)–C–C–N with tert-alkyl or cyclic N) is 1. The first kappa shape index (κ1) is 14.9. The molecule has 0 saturated carbocycles. The van der Waals surface area contributed by atoms with E-state index in [4.69, 9.17) is 5.11 Å². The third-order valence-electron chi connectivity index (χ3n) is 4.51. The molecule has 0 aliphatic carbocycles. The van der Waals surface area contributed by atoms with Gasteiger partial charge in [0, 0.05) is 18.1 Å². The fourth-order valence-corrected chi connectivity index (χ4v) is 3.39. The number of aliphatic hydroxyl groups excluding tert-OH is 1. The number of nitrogens with zero attached hydrogens (tertiary/aromatic N) is 1. The minimum Gasteiger partial charge on any atom is -0.395 e. The van der Waals surface area contributed by atoms with E-state index >= 15 is 0 Å². The van der Waals surface area contributed by atoms with Crippen LogP contribution in [0.3, 0.4) is 0 Å². The molecule has 1 saturated heterocycles. The van der Waals surface area contributed by atoms with Crippen molar-refractivity contribution in [1.29, 1.82) is 0 Å². The minimum atomic E-state index is 0.194. The Kier molecular flexibility index (Phi) is 6.45. The first-order valence-electron chi connectivity index (χ1n) is 7.34. The highest BCUT2D eigenvalue weighted by molar-refractivity contribution is 4.99. The van der Waals surface area contributed by atoms with E-state index in [9.17, 15) is 0 Å². The summed E-state index contributed by atoms with van der Waals surface area (Å²) < 4.78 is 0. The van der Waals surface area contributed by atoms with Crippen LogP contribution in [-0.4, -0.2) is 47.8 Å². The Morgan fingerprint density at radius 3 is 2.47 bits per heavy atom. The molecule has 102 valence electrons. The van der Waals surface area contributed by atoms with Crippen LogP contribution in [0.1, 0.15) is 52.9 Å². The molecule has 1 aliphatic heterocycles. The van der Waals surface area contributed by atoms with Crippen molar-refractivity contribution in [3.05, 3.63) is 0 Å². The molecule has 0 aromatic carbocycles. The third-order valence-corrected chi connectivity index (χ3v) is 4.51. The van der Waals surface area contributed by atoms with Crippen LogP contribution in [0.5, 0.6) is 0 Å². The van der Waals surface area contributed by atoms with Crippen LogP contribution in [-0.2, 0) is 0 Å². The summed E-state index contributed by atoms with van der Waals surface area (Å²) in [6.45, 7) is 10.2. The quantitative estimate of drug-likeness (QED) is 0.717. The Morgan fingerprint density at radius 2 is 1.94 bits per heavy atom. The van der Waals surface area contributed by atoms with Gasteiger partial charge in [-0.25, -0.2) is 0 Å². The summed E-state index contributed by atoms with van der Waals surface area (Å²) in [5.41, 5.74) is 0.194. The van der Waals surface area contributed by atoms with Crippen molar-refractivity contribution in [2.75, 3.05) is 26.2 Å². The van der Waals surface area contributed by atoms with Gasteiger partial charge in [-0.3, -0.25) is 4.90 Å². The highest BCUT2D eigenvalue weighted by Crippen LogP contribution is 2.31. The van der Waals surface area contributed by atoms with Crippen molar-refractivity contribution < 1.29 is 5.11 Å². The van der Waals surface area contributed by atoms with Crippen molar-refractivity contribution in [3.8, 4) is 0 Å². The van der Waals surface area contributed by atoms with Crippen LogP contribution in [0.2, 0.25) is 0 Å². The molecule has 1 fully saturated rings. The number of hydrogen-bond acceptors (Lipinski definition) is 3. The maximum Gasteiger partial charge on any atom is 0.0556 e. The summed E-state index contributed by atoms with van der Waals surface area (Å²) in [6, 6.07) is 0.641. The maximum atomic E-state index is 9.07. The van der Waals surface area contributed by atoms with Gasteiger partial charge >= 0.3 is 0 Å². The van der Waals surface area contributed by atoms with Crippen molar-refractivity contribution in [3.63, 3.8) is 0 Å². The van der Waals surface area contributed by atoms with Crippen LogP contribution in [0.25, 0.3) is 0 Å². The zero-order valence-corrected chi connectivity index (χ0v) is 11.8. The van der Waals surface area contributed by atoms with Crippen LogP contribution in [0.4, 0.5) is 0 Å². The molecule has 0 spiro atoms. The summed E-state index contributed by atoms with van der Waals surface area (Å²) in [5, 5.41) is 12.7. The van der Waals surface area contributed by atoms with Gasteiger partial charge in [-0.05, 0) is 38.8 Å². The van der Waals surface area contributed by atoms with Gasteiger partial charge in [-0.1, -0.05) is 27.2 Å². The summed E-state index contributed by atoms with van der Waals surface area (Å²) in [7, 11) is 0. The van der Waals surface area contributed by atoms with Gasteiger partial charge in [-0.15, -0.1) is 0 Å². The van der Waals surface area contributed by atoms with Crippen LogP contribution in [0, 0.1) is 0 Å². The second-order valence-corrected chi connectivity index (χ2v) is 5.15. The molecule has 0 bridgehead atoms. The Bertz CT molecular complexity index is 204. The van der Waals surface area contributed by atoms with E-state index in [0.29, 0.717) is 6.04 Å². The first-order chi connectivity index (χ1) is 8.24.